The molecule has 1 saturated heterocycles. The largest absolute Gasteiger partial charge is 0.376 e. The molecular formula is C13H16FNO2. The van der Waals surface area contributed by atoms with Gasteiger partial charge in [0.2, 0.25) is 0 Å². The molecule has 1 fully saturated rings. The number of hydrogen-bond donors (Lipinski definition) is 1. The first-order valence-electron chi connectivity index (χ1n) is 5.77. The van der Waals surface area contributed by atoms with E-state index in [0.717, 1.165) is 6.42 Å². The molecule has 4 heteroatoms. The van der Waals surface area contributed by atoms with E-state index >= 15 is 0 Å². The number of amides is 1. The van der Waals surface area contributed by atoms with Crippen molar-refractivity contribution in [1.82, 2.24) is 5.32 Å². The molecular weight excluding hydrogens is 221 g/mol. The lowest BCUT2D eigenvalue weighted by atomic mass is 10.1. The zero-order valence-corrected chi connectivity index (χ0v) is 10.00. The summed E-state index contributed by atoms with van der Waals surface area (Å²) in [4.78, 5) is 11.9. The molecule has 1 aromatic carbocycles. The van der Waals surface area contributed by atoms with Gasteiger partial charge in [-0.2, -0.15) is 0 Å². The number of aryl methyl sites for hydroxylation is 1. The van der Waals surface area contributed by atoms with Crippen LogP contribution in [0.2, 0.25) is 0 Å². The van der Waals surface area contributed by atoms with Gasteiger partial charge in [0.05, 0.1) is 17.7 Å². The fourth-order valence-electron chi connectivity index (χ4n) is 1.99. The Labute approximate surface area is 100.0 Å². The molecule has 1 aliphatic heterocycles. The van der Waals surface area contributed by atoms with E-state index in [1.807, 2.05) is 6.92 Å². The maximum absolute atomic E-state index is 13.7. The molecule has 0 radical (unpaired) electrons. The fraction of sp³-hybridized carbons (Fsp3) is 0.462. The number of carbonyl (C=O) groups excluding carboxylic acids is 1. The van der Waals surface area contributed by atoms with Crippen molar-refractivity contribution in [2.45, 2.75) is 32.4 Å². The second-order valence-electron chi connectivity index (χ2n) is 4.38. The van der Waals surface area contributed by atoms with Gasteiger partial charge < -0.3 is 10.1 Å². The molecule has 92 valence electrons. The van der Waals surface area contributed by atoms with Crippen LogP contribution in [0.25, 0.3) is 0 Å². The first-order valence-corrected chi connectivity index (χ1v) is 5.77. The Morgan fingerprint density at radius 3 is 2.94 bits per heavy atom. The first kappa shape index (κ1) is 12.0. The summed E-state index contributed by atoms with van der Waals surface area (Å²) in [6, 6.07) is 4.80. The van der Waals surface area contributed by atoms with E-state index in [9.17, 15) is 9.18 Å². The predicted octanol–water partition coefficient (Wildman–Crippen LogP) is 2.04. The van der Waals surface area contributed by atoms with E-state index in [0.29, 0.717) is 12.2 Å². The molecule has 1 aliphatic rings. The Hall–Kier alpha value is -1.42. The number of halogens is 1. The van der Waals surface area contributed by atoms with Crippen LogP contribution in [0, 0.1) is 12.7 Å². The van der Waals surface area contributed by atoms with Gasteiger partial charge >= 0.3 is 0 Å². The second-order valence-corrected chi connectivity index (χ2v) is 4.38. The number of rotatable bonds is 2. The van der Waals surface area contributed by atoms with E-state index < -0.39 is 5.82 Å². The third-order valence-corrected chi connectivity index (χ3v) is 3.13. The van der Waals surface area contributed by atoms with Crippen molar-refractivity contribution in [3.05, 3.63) is 35.1 Å². The molecule has 1 N–H and O–H groups in total. The number of carbonyl (C=O) groups is 1. The minimum absolute atomic E-state index is 0.00757. The van der Waals surface area contributed by atoms with E-state index in [1.165, 1.54) is 6.07 Å². The van der Waals surface area contributed by atoms with E-state index in [4.69, 9.17) is 4.74 Å². The molecule has 17 heavy (non-hydrogen) atoms. The maximum atomic E-state index is 13.7. The third kappa shape index (κ3) is 2.47. The molecule has 0 aromatic heterocycles. The molecule has 0 bridgehead atoms. The van der Waals surface area contributed by atoms with Crippen molar-refractivity contribution in [1.29, 1.82) is 0 Å². The van der Waals surface area contributed by atoms with Crippen LogP contribution < -0.4 is 5.32 Å². The average Bonchev–Trinajstić information content (AvgIpc) is 2.68. The van der Waals surface area contributed by atoms with Gasteiger partial charge in [0.15, 0.2) is 0 Å². The Balaban J connectivity index is 2.12. The van der Waals surface area contributed by atoms with Crippen molar-refractivity contribution >= 4 is 5.91 Å². The van der Waals surface area contributed by atoms with Crippen LogP contribution in [-0.2, 0) is 4.74 Å². The van der Waals surface area contributed by atoms with Crippen molar-refractivity contribution < 1.29 is 13.9 Å². The molecule has 0 aliphatic carbocycles. The first-order chi connectivity index (χ1) is 8.09. The van der Waals surface area contributed by atoms with Crippen LogP contribution in [0.4, 0.5) is 4.39 Å². The lowest BCUT2D eigenvalue weighted by Crippen LogP contribution is -2.39. The standard InChI is InChI=1S/C13H16FNO2/c1-8-4-3-5-10(12(8)14)13(16)15-11-6-7-17-9(11)2/h3-5,9,11H,6-7H2,1-2H3,(H,15,16). The van der Waals surface area contributed by atoms with E-state index in [-0.39, 0.29) is 23.6 Å². The molecule has 1 amide bonds. The summed E-state index contributed by atoms with van der Waals surface area (Å²) in [7, 11) is 0. The maximum Gasteiger partial charge on any atom is 0.254 e. The predicted molar refractivity (Wildman–Crippen MR) is 62.4 cm³/mol. The van der Waals surface area contributed by atoms with Gasteiger partial charge in [-0.15, -0.1) is 0 Å². The SMILES string of the molecule is Cc1cccc(C(=O)NC2CCOC2C)c1F. The smallest absolute Gasteiger partial charge is 0.254 e. The normalized spacial score (nSPS) is 23.7. The Morgan fingerprint density at radius 2 is 2.29 bits per heavy atom. The van der Waals surface area contributed by atoms with Crippen LogP contribution in [0.3, 0.4) is 0 Å². The molecule has 2 atom stereocenters. The molecule has 2 rings (SSSR count). The van der Waals surface area contributed by atoms with Gasteiger partial charge in [0.25, 0.3) is 5.91 Å². The van der Waals surface area contributed by atoms with Crippen molar-refractivity contribution in [3.8, 4) is 0 Å². The quantitative estimate of drug-likeness (QED) is 0.854. The Morgan fingerprint density at radius 1 is 1.53 bits per heavy atom. The van der Waals surface area contributed by atoms with Crippen LogP contribution in [0.1, 0.15) is 29.3 Å². The van der Waals surface area contributed by atoms with Crippen molar-refractivity contribution in [2.24, 2.45) is 0 Å². The lowest BCUT2D eigenvalue weighted by molar-refractivity contribution is 0.0862. The Bertz CT molecular complexity index is 433. The van der Waals surface area contributed by atoms with Gasteiger partial charge in [0.1, 0.15) is 5.82 Å². The van der Waals surface area contributed by atoms with Crippen LogP contribution in [-0.4, -0.2) is 24.7 Å². The molecule has 2 unspecified atom stereocenters. The summed E-state index contributed by atoms with van der Waals surface area (Å²) >= 11 is 0. The van der Waals surface area contributed by atoms with E-state index in [2.05, 4.69) is 5.32 Å². The topological polar surface area (TPSA) is 38.3 Å². The minimum Gasteiger partial charge on any atom is -0.376 e. The van der Waals surface area contributed by atoms with Crippen LogP contribution in [0.5, 0.6) is 0 Å². The van der Waals surface area contributed by atoms with Gasteiger partial charge in [-0.25, -0.2) is 4.39 Å². The zero-order valence-electron chi connectivity index (χ0n) is 10.00. The third-order valence-electron chi connectivity index (χ3n) is 3.13. The summed E-state index contributed by atoms with van der Waals surface area (Å²) in [5, 5.41) is 2.81. The monoisotopic (exact) mass is 237 g/mol. The lowest BCUT2D eigenvalue weighted by Gasteiger charge is -2.16. The minimum atomic E-state index is -0.448. The van der Waals surface area contributed by atoms with Crippen molar-refractivity contribution in [2.75, 3.05) is 6.61 Å². The summed E-state index contributed by atoms with van der Waals surface area (Å²) in [6.45, 7) is 4.19. The number of ether oxygens (including phenoxy) is 1. The Kier molecular flexibility index (Phi) is 3.43. The number of hydrogen-bond acceptors (Lipinski definition) is 2. The summed E-state index contributed by atoms with van der Waals surface area (Å²) in [6.07, 6.45) is 0.771. The highest BCUT2D eigenvalue weighted by Crippen LogP contribution is 2.15. The summed E-state index contributed by atoms with van der Waals surface area (Å²) in [5.41, 5.74) is 0.581. The highest BCUT2D eigenvalue weighted by atomic mass is 19.1. The highest BCUT2D eigenvalue weighted by molar-refractivity contribution is 5.94. The highest BCUT2D eigenvalue weighted by Gasteiger charge is 2.26. The molecule has 3 nitrogen and oxygen atoms in total. The van der Waals surface area contributed by atoms with Gasteiger partial charge in [-0.05, 0) is 31.9 Å². The van der Waals surface area contributed by atoms with Crippen LogP contribution >= 0.6 is 0 Å². The number of benzene rings is 1. The van der Waals surface area contributed by atoms with Gasteiger partial charge in [0, 0.05) is 6.61 Å². The molecule has 0 saturated carbocycles. The zero-order chi connectivity index (χ0) is 12.4. The molecule has 0 spiro atoms. The molecule has 1 heterocycles. The molecule has 1 aromatic rings. The number of nitrogens with one attached hydrogen (secondary N) is 1. The second kappa shape index (κ2) is 4.84. The summed E-state index contributed by atoms with van der Waals surface area (Å²) < 4.78 is 19.1. The van der Waals surface area contributed by atoms with Gasteiger partial charge in [-0.3, -0.25) is 4.79 Å². The van der Waals surface area contributed by atoms with Crippen molar-refractivity contribution in [3.63, 3.8) is 0 Å². The van der Waals surface area contributed by atoms with E-state index in [1.54, 1.807) is 19.1 Å². The van der Waals surface area contributed by atoms with Crippen LogP contribution in [0.15, 0.2) is 18.2 Å². The fourth-order valence-corrected chi connectivity index (χ4v) is 1.99. The summed E-state index contributed by atoms with van der Waals surface area (Å²) in [5.74, 6) is -0.815. The average molecular weight is 237 g/mol. The van der Waals surface area contributed by atoms with Gasteiger partial charge in [-0.1, -0.05) is 12.1 Å².